The normalized spacial score (nSPS) is 22.5. The van der Waals surface area contributed by atoms with E-state index < -0.39 is 0 Å². The average Bonchev–Trinajstić information content (AvgIpc) is 2.16. The van der Waals surface area contributed by atoms with Crippen molar-refractivity contribution >= 4 is 0 Å². The first kappa shape index (κ1) is 10.0. The maximum absolute atomic E-state index is 3.67. The number of hydrogen-bond acceptors (Lipinski definition) is 1. The molecule has 0 aliphatic heterocycles. The fraction of sp³-hybridized carbons (Fsp3) is 1.00. The monoisotopic (exact) mass is 169 g/mol. The molecule has 1 heteroatoms. The summed E-state index contributed by atoms with van der Waals surface area (Å²) in [6.07, 6.45) is 8.48. The largest absolute Gasteiger partial charge is 0.314 e. The van der Waals surface area contributed by atoms with Crippen LogP contribution in [0.4, 0.5) is 0 Å². The lowest BCUT2D eigenvalue weighted by molar-refractivity contribution is 0.350. The standard InChI is InChI=1S/C11H23N/c1-3-10(2)9-12-11-7-5-4-6-8-11/h10-12H,3-9H2,1-2H3/t10-/m0/s1. The Morgan fingerprint density at radius 3 is 2.50 bits per heavy atom. The lowest BCUT2D eigenvalue weighted by Crippen LogP contribution is -2.34. The van der Waals surface area contributed by atoms with Crippen molar-refractivity contribution in [2.75, 3.05) is 6.54 Å². The van der Waals surface area contributed by atoms with Crippen molar-refractivity contribution in [3.63, 3.8) is 0 Å². The van der Waals surface area contributed by atoms with Crippen LogP contribution in [-0.2, 0) is 0 Å². The summed E-state index contributed by atoms with van der Waals surface area (Å²) < 4.78 is 0. The highest BCUT2D eigenvalue weighted by molar-refractivity contribution is 4.72. The first-order valence-electron chi connectivity index (χ1n) is 5.56. The molecule has 0 radical (unpaired) electrons. The Morgan fingerprint density at radius 2 is 1.92 bits per heavy atom. The van der Waals surface area contributed by atoms with E-state index in [1.54, 1.807) is 0 Å². The van der Waals surface area contributed by atoms with E-state index in [9.17, 15) is 0 Å². The molecule has 0 aromatic carbocycles. The highest BCUT2D eigenvalue weighted by atomic mass is 14.9. The van der Waals surface area contributed by atoms with E-state index in [0.29, 0.717) is 0 Å². The van der Waals surface area contributed by atoms with Gasteiger partial charge in [-0.3, -0.25) is 0 Å². The van der Waals surface area contributed by atoms with Gasteiger partial charge in [0.15, 0.2) is 0 Å². The highest BCUT2D eigenvalue weighted by Crippen LogP contribution is 2.17. The van der Waals surface area contributed by atoms with E-state index in [4.69, 9.17) is 0 Å². The van der Waals surface area contributed by atoms with Crippen molar-refractivity contribution in [2.45, 2.75) is 58.4 Å². The van der Waals surface area contributed by atoms with E-state index >= 15 is 0 Å². The van der Waals surface area contributed by atoms with Crippen LogP contribution in [0.25, 0.3) is 0 Å². The third-order valence-corrected chi connectivity index (χ3v) is 3.06. The van der Waals surface area contributed by atoms with Crippen molar-refractivity contribution in [3.05, 3.63) is 0 Å². The molecule has 1 atom stereocenters. The molecule has 1 rings (SSSR count). The van der Waals surface area contributed by atoms with Crippen molar-refractivity contribution in [1.82, 2.24) is 5.32 Å². The second kappa shape index (κ2) is 5.58. The zero-order chi connectivity index (χ0) is 8.81. The Morgan fingerprint density at radius 1 is 1.25 bits per heavy atom. The first-order chi connectivity index (χ1) is 5.83. The zero-order valence-electron chi connectivity index (χ0n) is 8.60. The lowest BCUT2D eigenvalue weighted by Gasteiger charge is -2.24. The summed E-state index contributed by atoms with van der Waals surface area (Å²) in [5.41, 5.74) is 0. The number of hydrogen-bond donors (Lipinski definition) is 1. The van der Waals surface area contributed by atoms with E-state index in [1.165, 1.54) is 45.1 Å². The minimum atomic E-state index is 0.841. The van der Waals surface area contributed by atoms with Crippen molar-refractivity contribution < 1.29 is 0 Å². The Balaban J connectivity index is 2.05. The molecule has 1 fully saturated rings. The molecule has 12 heavy (non-hydrogen) atoms. The second-order valence-electron chi connectivity index (χ2n) is 4.26. The molecule has 1 saturated carbocycles. The maximum atomic E-state index is 3.67. The van der Waals surface area contributed by atoms with Crippen LogP contribution < -0.4 is 5.32 Å². The van der Waals surface area contributed by atoms with Gasteiger partial charge in [0, 0.05) is 6.04 Å². The molecular formula is C11H23N. The lowest BCUT2D eigenvalue weighted by atomic mass is 9.95. The van der Waals surface area contributed by atoms with Crippen LogP contribution in [0.5, 0.6) is 0 Å². The summed E-state index contributed by atoms with van der Waals surface area (Å²) in [6, 6.07) is 0.841. The van der Waals surface area contributed by atoms with E-state index in [1.807, 2.05) is 0 Å². The van der Waals surface area contributed by atoms with Gasteiger partial charge in [-0.15, -0.1) is 0 Å². The number of rotatable bonds is 4. The van der Waals surface area contributed by atoms with Gasteiger partial charge in [0.1, 0.15) is 0 Å². The summed E-state index contributed by atoms with van der Waals surface area (Å²) >= 11 is 0. The molecule has 0 amide bonds. The van der Waals surface area contributed by atoms with Gasteiger partial charge in [0.05, 0.1) is 0 Å². The van der Waals surface area contributed by atoms with Crippen molar-refractivity contribution in [3.8, 4) is 0 Å². The number of nitrogens with one attached hydrogen (secondary N) is 1. The maximum Gasteiger partial charge on any atom is 0.00671 e. The van der Waals surface area contributed by atoms with Gasteiger partial charge in [0.2, 0.25) is 0 Å². The van der Waals surface area contributed by atoms with Gasteiger partial charge >= 0.3 is 0 Å². The molecule has 1 aliphatic rings. The van der Waals surface area contributed by atoms with Crippen LogP contribution in [0, 0.1) is 5.92 Å². The third kappa shape index (κ3) is 3.57. The summed E-state index contributed by atoms with van der Waals surface area (Å²) in [4.78, 5) is 0. The molecule has 0 bridgehead atoms. The molecule has 0 saturated heterocycles. The molecule has 72 valence electrons. The fourth-order valence-electron chi connectivity index (χ4n) is 1.82. The van der Waals surface area contributed by atoms with Gasteiger partial charge < -0.3 is 5.32 Å². The van der Waals surface area contributed by atoms with Crippen LogP contribution in [0.3, 0.4) is 0 Å². The minimum absolute atomic E-state index is 0.841. The predicted octanol–water partition coefficient (Wildman–Crippen LogP) is 2.95. The summed E-state index contributed by atoms with van der Waals surface area (Å²) in [7, 11) is 0. The molecular weight excluding hydrogens is 146 g/mol. The van der Waals surface area contributed by atoms with Gasteiger partial charge in [0.25, 0.3) is 0 Å². The Hall–Kier alpha value is -0.0400. The predicted molar refractivity (Wildman–Crippen MR) is 54.3 cm³/mol. The van der Waals surface area contributed by atoms with Crippen LogP contribution in [0.15, 0.2) is 0 Å². The topological polar surface area (TPSA) is 12.0 Å². The van der Waals surface area contributed by atoms with Gasteiger partial charge in [-0.25, -0.2) is 0 Å². The van der Waals surface area contributed by atoms with E-state index in [2.05, 4.69) is 19.2 Å². The quantitative estimate of drug-likeness (QED) is 0.682. The smallest absolute Gasteiger partial charge is 0.00671 e. The Kier molecular flexibility index (Phi) is 4.67. The second-order valence-corrected chi connectivity index (χ2v) is 4.26. The zero-order valence-corrected chi connectivity index (χ0v) is 8.60. The molecule has 0 aromatic heterocycles. The first-order valence-corrected chi connectivity index (χ1v) is 5.56. The Labute approximate surface area is 76.9 Å². The van der Waals surface area contributed by atoms with Gasteiger partial charge in [-0.2, -0.15) is 0 Å². The molecule has 1 nitrogen and oxygen atoms in total. The molecule has 0 heterocycles. The van der Waals surface area contributed by atoms with Crippen LogP contribution in [-0.4, -0.2) is 12.6 Å². The molecule has 1 aliphatic carbocycles. The van der Waals surface area contributed by atoms with Crippen LogP contribution in [0.1, 0.15) is 52.4 Å². The fourth-order valence-corrected chi connectivity index (χ4v) is 1.82. The molecule has 0 unspecified atom stereocenters. The van der Waals surface area contributed by atoms with Crippen LogP contribution in [0.2, 0.25) is 0 Å². The van der Waals surface area contributed by atoms with Gasteiger partial charge in [-0.05, 0) is 25.3 Å². The Bertz CT molecular complexity index is 106. The minimum Gasteiger partial charge on any atom is -0.314 e. The summed E-state index contributed by atoms with van der Waals surface area (Å²) in [5, 5.41) is 3.67. The van der Waals surface area contributed by atoms with E-state index in [-0.39, 0.29) is 0 Å². The summed E-state index contributed by atoms with van der Waals surface area (Å²) in [6.45, 7) is 5.82. The van der Waals surface area contributed by atoms with Crippen molar-refractivity contribution in [2.24, 2.45) is 5.92 Å². The average molecular weight is 169 g/mol. The molecule has 0 aromatic rings. The highest BCUT2D eigenvalue weighted by Gasteiger charge is 2.12. The SMILES string of the molecule is CC[C@H](C)CNC1CCCCC1. The van der Waals surface area contributed by atoms with E-state index in [0.717, 1.165) is 12.0 Å². The third-order valence-electron chi connectivity index (χ3n) is 3.06. The van der Waals surface area contributed by atoms with Crippen LogP contribution >= 0.6 is 0 Å². The summed E-state index contributed by atoms with van der Waals surface area (Å²) in [5.74, 6) is 0.854. The van der Waals surface area contributed by atoms with Gasteiger partial charge in [-0.1, -0.05) is 39.5 Å². The molecule has 0 spiro atoms. The van der Waals surface area contributed by atoms with Crippen molar-refractivity contribution in [1.29, 1.82) is 0 Å². The molecule has 1 N–H and O–H groups in total.